The minimum absolute atomic E-state index is 2.82. The molecule has 4 rings (SSSR count). The molecule has 0 aliphatic carbocycles. The highest BCUT2D eigenvalue weighted by Crippen LogP contribution is 2.49. The highest BCUT2D eigenvalue weighted by Gasteiger charge is 2.40. The predicted octanol–water partition coefficient (Wildman–Crippen LogP) is 9.19. The van der Waals surface area contributed by atoms with Crippen LogP contribution in [0.1, 0.15) is 0 Å². The van der Waals surface area contributed by atoms with Crippen molar-refractivity contribution in [3.63, 3.8) is 0 Å². The van der Waals surface area contributed by atoms with Crippen molar-refractivity contribution in [3.8, 4) is 33.4 Å². The maximum atomic E-state index is 15.1. The normalized spacial score (nSPS) is 11.6. The van der Waals surface area contributed by atoms with Gasteiger partial charge in [-0.05, 0) is 0 Å². The van der Waals surface area contributed by atoms with Crippen LogP contribution in [0.3, 0.4) is 0 Å². The highest BCUT2D eigenvalue weighted by molar-refractivity contribution is 5.93. The van der Waals surface area contributed by atoms with Crippen molar-refractivity contribution < 1.29 is 79.0 Å². The Kier molecular flexibility index (Phi) is 7.40. The van der Waals surface area contributed by atoms with Crippen LogP contribution in [0.4, 0.5) is 79.0 Å². The molecular formula is C24F18. The largest absolute Gasteiger partial charge is 0.203 e. The van der Waals surface area contributed by atoms with E-state index in [0.717, 1.165) is 0 Å². The molecular weight excluding hydrogens is 630 g/mol. The van der Waals surface area contributed by atoms with Gasteiger partial charge in [-0.25, -0.2) is 79.0 Å². The summed E-state index contributed by atoms with van der Waals surface area (Å²) in [6.07, 6.45) is 0. The molecule has 4 aromatic carbocycles. The van der Waals surface area contributed by atoms with Crippen LogP contribution >= 0.6 is 0 Å². The van der Waals surface area contributed by atoms with Crippen LogP contribution in [0.2, 0.25) is 0 Å². The van der Waals surface area contributed by atoms with E-state index >= 15 is 8.78 Å². The molecule has 0 spiro atoms. The number of halogens is 18. The Morgan fingerprint density at radius 2 is 0.214 bits per heavy atom. The fourth-order valence-corrected chi connectivity index (χ4v) is 3.85. The monoisotopic (exact) mass is 630 g/mol. The molecule has 0 fully saturated rings. The first kappa shape index (κ1) is 30.6. The Morgan fingerprint density at radius 3 is 0.381 bits per heavy atom. The van der Waals surface area contributed by atoms with Crippen molar-refractivity contribution in [1.29, 1.82) is 0 Å². The molecule has 0 N–H and O–H groups in total. The molecule has 222 valence electrons. The van der Waals surface area contributed by atoms with E-state index in [-0.39, 0.29) is 0 Å². The lowest BCUT2D eigenvalue weighted by atomic mass is 9.86. The summed E-state index contributed by atoms with van der Waals surface area (Å²) in [6.45, 7) is 0. The van der Waals surface area contributed by atoms with Gasteiger partial charge in [-0.15, -0.1) is 0 Å². The fraction of sp³-hybridized carbons (Fsp3) is 0. The Labute approximate surface area is 218 Å². The second-order valence-electron chi connectivity index (χ2n) is 7.90. The molecule has 18 heteroatoms. The van der Waals surface area contributed by atoms with E-state index in [1.807, 2.05) is 0 Å². The summed E-state index contributed by atoms with van der Waals surface area (Å²) in [4.78, 5) is 0. The van der Waals surface area contributed by atoms with Crippen LogP contribution in [0.25, 0.3) is 33.4 Å². The van der Waals surface area contributed by atoms with E-state index in [9.17, 15) is 70.2 Å². The zero-order chi connectivity index (χ0) is 31.9. The van der Waals surface area contributed by atoms with Crippen molar-refractivity contribution in [2.45, 2.75) is 0 Å². The third-order valence-electron chi connectivity index (χ3n) is 5.70. The van der Waals surface area contributed by atoms with Crippen LogP contribution in [-0.4, -0.2) is 0 Å². The van der Waals surface area contributed by atoms with E-state index < -0.39 is 138 Å². The second-order valence-corrected chi connectivity index (χ2v) is 7.90. The highest BCUT2D eigenvalue weighted by atomic mass is 19.2. The molecule has 0 aliphatic rings. The minimum atomic E-state index is -3.25. The van der Waals surface area contributed by atoms with Crippen molar-refractivity contribution >= 4 is 0 Å². The van der Waals surface area contributed by atoms with Gasteiger partial charge in [0.2, 0.25) is 11.6 Å². The Morgan fingerprint density at radius 1 is 0.119 bits per heavy atom. The van der Waals surface area contributed by atoms with Crippen molar-refractivity contribution in [2.75, 3.05) is 0 Å². The van der Waals surface area contributed by atoms with Gasteiger partial charge >= 0.3 is 0 Å². The van der Waals surface area contributed by atoms with E-state index in [1.165, 1.54) is 0 Å². The van der Waals surface area contributed by atoms with Gasteiger partial charge in [0, 0.05) is 22.3 Å². The molecule has 0 bridgehead atoms. The van der Waals surface area contributed by atoms with Crippen molar-refractivity contribution in [3.05, 3.63) is 105 Å². The van der Waals surface area contributed by atoms with Gasteiger partial charge in [-0.2, -0.15) is 0 Å². The van der Waals surface area contributed by atoms with Crippen LogP contribution in [0.5, 0.6) is 0 Å². The standard InChI is InChI=1S/C24F18/c25-7-1(3(9(27)17(35)15(7)33)5-11(29)19(37)23(41)20(38)12(5)30)2-4(10(28)18(36)16(34)8(2)26)6-13(31)21(39)24(42)22(40)14(6)32. The van der Waals surface area contributed by atoms with E-state index in [1.54, 1.807) is 0 Å². The molecule has 0 aliphatic heterocycles. The van der Waals surface area contributed by atoms with Gasteiger partial charge in [0.25, 0.3) is 0 Å². The summed E-state index contributed by atoms with van der Waals surface area (Å²) in [6, 6.07) is 0. The fourth-order valence-electron chi connectivity index (χ4n) is 3.85. The van der Waals surface area contributed by atoms with Crippen LogP contribution in [0.15, 0.2) is 0 Å². The number of benzene rings is 4. The average molecular weight is 630 g/mol. The Bertz CT molecular complexity index is 1670. The SMILES string of the molecule is Fc1c(F)c(F)c(-c2c(F)c(F)c(F)c(F)c2-c2c(F)c(F)c(F)c(F)c2-c2c(F)c(F)c(F)c(F)c2F)c(F)c1F. The van der Waals surface area contributed by atoms with Gasteiger partial charge in [-0.3, -0.25) is 0 Å². The van der Waals surface area contributed by atoms with Crippen molar-refractivity contribution in [1.82, 2.24) is 0 Å². The van der Waals surface area contributed by atoms with Crippen LogP contribution < -0.4 is 0 Å². The second kappa shape index (κ2) is 10.2. The lowest BCUT2D eigenvalue weighted by Gasteiger charge is -2.21. The lowest BCUT2D eigenvalue weighted by molar-refractivity contribution is 0.378. The zero-order valence-electron chi connectivity index (χ0n) is 18.8. The smallest absolute Gasteiger partial charge is 0.200 e. The molecule has 0 aromatic heterocycles. The summed E-state index contributed by atoms with van der Waals surface area (Å²) in [5, 5.41) is 0. The maximum absolute atomic E-state index is 15.1. The summed E-state index contributed by atoms with van der Waals surface area (Å²) in [7, 11) is 0. The van der Waals surface area contributed by atoms with E-state index in [2.05, 4.69) is 0 Å². The maximum Gasteiger partial charge on any atom is 0.200 e. The van der Waals surface area contributed by atoms with Crippen LogP contribution in [0, 0.1) is 105 Å². The molecule has 0 saturated carbocycles. The quantitative estimate of drug-likeness (QED) is 0.120. The summed E-state index contributed by atoms with van der Waals surface area (Å²) in [5.74, 6) is -56.6. The van der Waals surface area contributed by atoms with Gasteiger partial charge in [0.05, 0.1) is 11.1 Å². The summed E-state index contributed by atoms with van der Waals surface area (Å²) >= 11 is 0. The van der Waals surface area contributed by atoms with Gasteiger partial charge < -0.3 is 0 Å². The van der Waals surface area contributed by atoms with Gasteiger partial charge in [0.15, 0.2) is 93.1 Å². The van der Waals surface area contributed by atoms with E-state index in [0.29, 0.717) is 0 Å². The van der Waals surface area contributed by atoms with Gasteiger partial charge in [0.1, 0.15) is 0 Å². The molecule has 0 heterocycles. The molecule has 4 aromatic rings. The molecule has 0 atom stereocenters. The summed E-state index contributed by atoms with van der Waals surface area (Å²) < 4.78 is 258. The molecule has 0 radical (unpaired) electrons. The minimum Gasteiger partial charge on any atom is -0.203 e. The molecule has 0 saturated heterocycles. The molecule has 42 heavy (non-hydrogen) atoms. The molecule has 0 unspecified atom stereocenters. The first-order valence-corrected chi connectivity index (χ1v) is 10.2. The van der Waals surface area contributed by atoms with Crippen molar-refractivity contribution in [2.24, 2.45) is 0 Å². The number of rotatable bonds is 3. The van der Waals surface area contributed by atoms with Crippen LogP contribution in [-0.2, 0) is 0 Å². The Hall–Kier alpha value is -4.38. The average Bonchev–Trinajstić information content (AvgIpc) is 2.96. The lowest BCUT2D eigenvalue weighted by Crippen LogP contribution is -2.13. The number of hydrogen-bond donors (Lipinski definition) is 0. The van der Waals surface area contributed by atoms with Gasteiger partial charge in [-0.1, -0.05) is 0 Å². The Balaban J connectivity index is 2.42. The third-order valence-corrected chi connectivity index (χ3v) is 5.70. The predicted molar refractivity (Wildman–Crippen MR) is 102 cm³/mol. The first-order chi connectivity index (χ1) is 19.4. The molecule has 0 nitrogen and oxygen atoms in total. The zero-order valence-corrected chi connectivity index (χ0v) is 18.8. The third kappa shape index (κ3) is 3.98. The summed E-state index contributed by atoms with van der Waals surface area (Å²) in [5.41, 5.74) is -17.0. The molecule has 0 amide bonds. The first-order valence-electron chi connectivity index (χ1n) is 10.2. The topological polar surface area (TPSA) is 0 Å². The number of hydrogen-bond acceptors (Lipinski definition) is 0. The van der Waals surface area contributed by atoms with E-state index in [4.69, 9.17) is 0 Å².